The van der Waals surface area contributed by atoms with Crippen LogP contribution in [0.3, 0.4) is 0 Å². The lowest BCUT2D eigenvalue weighted by Crippen LogP contribution is -2.07. The second kappa shape index (κ2) is 2.25. The molecule has 0 spiro atoms. The summed E-state index contributed by atoms with van der Waals surface area (Å²) < 4.78 is 0. The summed E-state index contributed by atoms with van der Waals surface area (Å²) >= 11 is 4.14. The molecule has 0 amide bonds. The average molecular weight is 129 g/mol. The first-order valence-electron chi connectivity index (χ1n) is 2.49. The van der Waals surface area contributed by atoms with Crippen molar-refractivity contribution in [2.24, 2.45) is 0 Å². The molecule has 3 heteroatoms. The minimum absolute atomic E-state index is 0.312. The number of hydrogen-bond acceptors (Lipinski definition) is 3. The third kappa shape index (κ3) is 1.05. The van der Waals surface area contributed by atoms with Gasteiger partial charge in [0, 0.05) is 18.2 Å². The second-order valence-electron chi connectivity index (χ2n) is 1.82. The number of carbonyl (C=O) groups excluding carboxylic acids is 1. The van der Waals surface area contributed by atoms with Gasteiger partial charge in [0.05, 0.1) is 5.70 Å². The Bertz CT molecular complexity index is 139. The summed E-state index contributed by atoms with van der Waals surface area (Å²) in [6.07, 6.45) is 0.743. The minimum atomic E-state index is 0.312. The number of rotatable bonds is 0. The lowest BCUT2D eigenvalue weighted by Gasteiger charge is -1.89. The first-order chi connectivity index (χ1) is 3.83. The van der Waals surface area contributed by atoms with Crippen LogP contribution in [0.15, 0.2) is 5.70 Å². The summed E-state index contributed by atoms with van der Waals surface area (Å²) in [5.41, 5.74) is 0.657. The molecule has 1 aliphatic heterocycles. The Labute approximate surface area is 53.4 Å². The van der Waals surface area contributed by atoms with Gasteiger partial charge in [-0.15, -0.1) is 0 Å². The van der Waals surface area contributed by atoms with E-state index < -0.39 is 0 Å². The molecule has 8 heavy (non-hydrogen) atoms. The van der Waals surface area contributed by atoms with Crippen LogP contribution in [0, 0.1) is 0 Å². The molecule has 0 radical (unpaired) electrons. The molecule has 2 nitrogen and oxygen atoms in total. The van der Waals surface area contributed by atoms with Crippen LogP contribution >= 0.6 is 12.6 Å². The summed E-state index contributed by atoms with van der Waals surface area (Å²) in [7, 11) is 0. The SMILES string of the molecule is O=C=C1CC(S)CN1. The van der Waals surface area contributed by atoms with Crippen molar-refractivity contribution in [1.82, 2.24) is 5.32 Å². The van der Waals surface area contributed by atoms with Gasteiger partial charge in [-0.2, -0.15) is 12.6 Å². The number of nitrogens with one attached hydrogen (secondary N) is 1. The minimum Gasteiger partial charge on any atom is -0.378 e. The van der Waals surface area contributed by atoms with Crippen LogP contribution in [0.2, 0.25) is 0 Å². The number of allylic oxidation sites excluding steroid dienone is 1. The van der Waals surface area contributed by atoms with Crippen LogP contribution in [0.1, 0.15) is 6.42 Å². The Morgan fingerprint density at radius 3 is 2.88 bits per heavy atom. The molecule has 1 unspecified atom stereocenters. The predicted octanol–water partition coefficient (Wildman–Crippen LogP) is -0.00640. The van der Waals surface area contributed by atoms with Gasteiger partial charge in [0.1, 0.15) is 5.94 Å². The molecule has 44 valence electrons. The fraction of sp³-hybridized carbons (Fsp3) is 0.600. The van der Waals surface area contributed by atoms with Gasteiger partial charge in [-0.25, -0.2) is 4.79 Å². The van der Waals surface area contributed by atoms with Crippen molar-refractivity contribution in [1.29, 1.82) is 0 Å². The van der Waals surface area contributed by atoms with E-state index in [4.69, 9.17) is 0 Å². The number of hydrogen-bond donors (Lipinski definition) is 2. The van der Waals surface area contributed by atoms with Crippen molar-refractivity contribution in [3.8, 4) is 0 Å². The molecule has 1 fully saturated rings. The van der Waals surface area contributed by atoms with Crippen molar-refractivity contribution in [2.75, 3.05) is 6.54 Å². The molecule has 0 bridgehead atoms. The average Bonchev–Trinajstić information content (AvgIpc) is 2.14. The normalized spacial score (nSPS) is 27.1. The van der Waals surface area contributed by atoms with Crippen LogP contribution in [0.5, 0.6) is 0 Å². The molecule has 1 atom stereocenters. The summed E-state index contributed by atoms with van der Waals surface area (Å²) in [6, 6.07) is 0. The maximum Gasteiger partial charge on any atom is 0.145 e. The van der Waals surface area contributed by atoms with Crippen molar-refractivity contribution >= 4 is 18.6 Å². The fourth-order valence-electron chi connectivity index (χ4n) is 0.699. The van der Waals surface area contributed by atoms with Gasteiger partial charge in [-0.3, -0.25) is 0 Å². The van der Waals surface area contributed by atoms with Crippen molar-refractivity contribution in [3.63, 3.8) is 0 Å². The lowest BCUT2D eigenvalue weighted by atomic mass is 10.3. The van der Waals surface area contributed by atoms with Crippen molar-refractivity contribution in [3.05, 3.63) is 5.70 Å². The summed E-state index contributed by atoms with van der Waals surface area (Å²) in [6.45, 7) is 0.799. The maximum absolute atomic E-state index is 9.89. The monoisotopic (exact) mass is 129 g/mol. The van der Waals surface area contributed by atoms with E-state index in [2.05, 4.69) is 17.9 Å². The Morgan fingerprint density at radius 2 is 2.62 bits per heavy atom. The molecule has 0 aromatic carbocycles. The molecule has 1 rings (SSSR count). The Hall–Kier alpha value is -0.400. The molecular weight excluding hydrogens is 122 g/mol. The molecule has 1 aliphatic rings. The summed E-state index contributed by atoms with van der Waals surface area (Å²) in [4.78, 5) is 9.89. The maximum atomic E-state index is 9.89. The smallest absolute Gasteiger partial charge is 0.145 e. The Balaban J connectivity index is 2.56. The Kier molecular flexibility index (Phi) is 1.61. The third-order valence-corrected chi connectivity index (χ3v) is 1.48. The molecule has 1 N–H and O–H groups in total. The van der Waals surface area contributed by atoms with Crippen molar-refractivity contribution < 1.29 is 4.79 Å². The Morgan fingerprint density at radius 1 is 1.88 bits per heavy atom. The van der Waals surface area contributed by atoms with Crippen LogP contribution in [-0.2, 0) is 4.79 Å². The van der Waals surface area contributed by atoms with Gasteiger partial charge >= 0.3 is 0 Å². The third-order valence-electron chi connectivity index (χ3n) is 1.11. The number of thiol groups is 1. The van der Waals surface area contributed by atoms with Crippen LogP contribution in [-0.4, -0.2) is 17.7 Å². The zero-order valence-electron chi connectivity index (χ0n) is 4.35. The zero-order chi connectivity index (χ0) is 5.98. The highest BCUT2D eigenvalue weighted by Gasteiger charge is 2.14. The molecule has 0 aromatic heterocycles. The van der Waals surface area contributed by atoms with E-state index in [1.54, 1.807) is 5.94 Å². The van der Waals surface area contributed by atoms with E-state index in [1.807, 2.05) is 0 Å². The van der Waals surface area contributed by atoms with Crippen molar-refractivity contribution in [2.45, 2.75) is 11.7 Å². The molecule has 1 saturated heterocycles. The van der Waals surface area contributed by atoms with Gasteiger partial charge in [-0.1, -0.05) is 0 Å². The molecule has 0 saturated carbocycles. The van der Waals surface area contributed by atoms with Gasteiger partial charge in [-0.05, 0) is 0 Å². The molecular formula is C5H7NOS. The predicted molar refractivity (Wildman–Crippen MR) is 34.6 cm³/mol. The fourth-order valence-corrected chi connectivity index (χ4v) is 0.973. The van der Waals surface area contributed by atoms with Crippen LogP contribution in [0.25, 0.3) is 0 Å². The van der Waals surface area contributed by atoms with Gasteiger partial charge < -0.3 is 5.32 Å². The van der Waals surface area contributed by atoms with Gasteiger partial charge in [0.2, 0.25) is 0 Å². The highest BCUT2D eigenvalue weighted by molar-refractivity contribution is 7.81. The topological polar surface area (TPSA) is 29.1 Å². The highest BCUT2D eigenvalue weighted by Crippen LogP contribution is 2.11. The first-order valence-corrected chi connectivity index (χ1v) is 3.00. The summed E-state index contributed by atoms with van der Waals surface area (Å²) in [5, 5.41) is 3.18. The van der Waals surface area contributed by atoms with E-state index in [1.165, 1.54) is 0 Å². The second-order valence-corrected chi connectivity index (χ2v) is 2.55. The molecule has 0 aliphatic carbocycles. The molecule has 0 aromatic rings. The lowest BCUT2D eigenvalue weighted by molar-refractivity contribution is 0.565. The van der Waals surface area contributed by atoms with E-state index in [0.717, 1.165) is 13.0 Å². The van der Waals surface area contributed by atoms with Crippen LogP contribution < -0.4 is 5.32 Å². The van der Waals surface area contributed by atoms with E-state index >= 15 is 0 Å². The quantitative estimate of drug-likeness (QED) is 0.356. The highest BCUT2D eigenvalue weighted by atomic mass is 32.1. The largest absolute Gasteiger partial charge is 0.378 e. The van der Waals surface area contributed by atoms with Gasteiger partial charge in [0.25, 0.3) is 0 Å². The van der Waals surface area contributed by atoms with E-state index in [0.29, 0.717) is 10.9 Å². The van der Waals surface area contributed by atoms with E-state index in [9.17, 15) is 4.79 Å². The van der Waals surface area contributed by atoms with Gasteiger partial charge in [0.15, 0.2) is 0 Å². The van der Waals surface area contributed by atoms with E-state index in [-0.39, 0.29) is 0 Å². The standard InChI is InChI=1S/C5H7NOS/c7-3-4-1-5(8)2-6-4/h5-6,8H,1-2H2. The molecule has 1 heterocycles. The summed E-state index contributed by atoms with van der Waals surface area (Å²) in [5.74, 6) is 1.80. The zero-order valence-corrected chi connectivity index (χ0v) is 5.24. The first kappa shape index (κ1) is 5.73. The van der Waals surface area contributed by atoms with Crippen LogP contribution in [0.4, 0.5) is 0 Å².